The van der Waals surface area contributed by atoms with Crippen molar-refractivity contribution in [2.45, 2.75) is 32.4 Å². The molecule has 1 aromatic rings. The van der Waals surface area contributed by atoms with E-state index >= 15 is 0 Å². The zero-order valence-corrected chi connectivity index (χ0v) is 11.0. The monoisotopic (exact) mass is 262 g/mol. The lowest BCUT2D eigenvalue weighted by molar-refractivity contribution is -0.385. The summed E-state index contributed by atoms with van der Waals surface area (Å²) in [7, 11) is 0. The molecule has 1 saturated carbocycles. The zero-order valence-electron chi connectivity index (χ0n) is 11.0. The number of hydrogen-bond acceptors (Lipinski definition) is 4. The van der Waals surface area contributed by atoms with Gasteiger partial charge in [0.1, 0.15) is 6.61 Å². The molecular weight excluding hydrogens is 244 g/mol. The Morgan fingerprint density at radius 1 is 1.53 bits per heavy atom. The predicted molar refractivity (Wildman–Crippen MR) is 73.3 cm³/mol. The molecule has 0 unspecified atom stereocenters. The van der Waals surface area contributed by atoms with E-state index in [2.05, 4.69) is 5.32 Å². The molecule has 0 aromatic heterocycles. The van der Waals surface area contributed by atoms with E-state index in [4.69, 9.17) is 4.74 Å². The molecule has 1 N–H and O–H groups in total. The van der Waals surface area contributed by atoms with E-state index in [1.165, 1.54) is 18.9 Å². The Morgan fingerprint density at radius 3 is 2.95 bits per heavy atom. The van der Waals surface area contributed by atoms with Crippen LogP contribution in [-0.2, 0) is 6.54 Å². The fraction of sp³-hybridized carbons (Fsp3) is 0.429. The smallest absolute Gasteiger partial charge is 0.310 e. The lowest BCUT2D eigenvalue weighted by Gasteiger charge is -2.08. The van der Waals surface area contributed by atoms with Crippen LogP contribution in [0.1, 0.15) is 25.3 Å². The second kappa shape index (κ2) is 6.33. The van der Waals surface area contributed by atoms with E-state index in [-0.39, 0.29) is 5.69 Å². The third kappa shape index (κ3) is 4.06. The minimum absolute atomic E-state index is 0.0136. The Bertz CT molecular complexity index is 482. The summed E-state index contributed by atoms with van der Waals surface area (Å²) < 4.78 is 5.45. The molecule has 5 heteroatoms. The van der Waals surface area contributed by atoms with Gasteiger partial charge in [-0.3, -0.25) is 10.1 Å². The number of allylic oxidation sites excluding steroid dienone is 1. The summed E-state index contributed by atoms with van der Waals surface area (Å²) in [6.07, 6.45) is 6.11. The van der Waals surface area contributed by atoms with E-state index < -0.39 is 4.92 Å². The minimum Gasteiger partial charge on any atom is -0.483 e. The van der Waals surface area contributed by atoms with Crippen molar-refractivity contribution in [3.8, 4) is 5.75 Å². The van der Waals surface area contributed by atoms with Gasteiger partial charge in [0.25, 0.3) is 0 Å². The number of benzene rings is 1. The van der Waals surface area contributed by atoms with Gasteiger partial charge in [0.2, 0.25) is 0 Å². The molecule has 5 nitrogen and oxygen atoms in total. The number of nitrogens with one attached hydrogen (secondary N) is 1. The van der Waals surface area contributed by atoms with Crippen molar-refractivity contribution in [1.29, 1.82) is 0 Å². The summed E-state index contributed by atoms with van der Waals surface area (Å²) in [6.45, 7) is 2.95. The summed E-state index contributed by atoms with van der Waals surface area (Å²) in [4.78, 5) is 10.5. The quantitative estimate of drug-likeness (QED) is 0.466. The number of ether oxygens (including phenoxy) is 1. The first-order chi connectivity index (χ1) is 9.20. The molecule has 1 aromatic carbocycles. The van der Waals surface area contributed by atoms with Gasteiger partial charge in [0, 0.05) is 18.7 Å². The lowest BCUT2D eigenvalue weighted by Crippen LogP contribution is -2.15. The van der Waals surface area contributed by atoms with Crippen LogP contribution in [0, 0.1) is 10.1 Å². The predicted octanol–water partition coefficient (Wildman–Crippen LogP) is 2.80. The summed E-state index contributed by atoms with van der Waals surface area (Å²) in [5, 5.41) is 14.3. The number of nitrogens with zero attached hydrogens (tertiary/aromatic N) is 1. The van der Waals surface area contributed by atoms with Crippen molar-refractivity contribution in [3.63, 3.8) is 0 Å². The summed E-state index contributed by atoms with van der Waals surface area (Å²) in [5.74, 6) is 0.332. The van der Waals surface area contributed by atoms with Gasteiger partial charge < -0.3 is 10.1 Å². The molecular formula is C14H18N2O3. The fourth-order valence-corrected chi connectivity index (χ4v) is 1.72. The Labute approximate surface area is 112 Å². The Hall–Kier alpha value is -1.88. The van der Waals surface area contributed by atoms with Crippen LogP contribution in [0.4, 0.5) is 5.69 Å². The maximum atomic E-state index is 10.9. The molecule has 1 aliphatic rings. The van der Waals surface area contributed by atoms with E-state index in [0.717, 1.165) is 12.1 Å². The molecule has 0 spiro atoms. The van der Waals surface area contributed by atoms with Crippen molar-refractivity contribution in [3.05, 3.63) is 46.0 Å². The van der Waals surface area contributed by atoms with Crippen molar-refractivity contribution in [2.24, 2.45) is 0 Å². The van der Waals surface area contributed by atoms with E-state index in [9.17, 15) is 10.1 Å². The number of nitro groups is 1. The van der Waals surface area contributed by atoms with E-state index in [1.54, 1.807) is 12.1 Å². The van der Waals surface area contributed by atoms with Gasteiger partial charge in [0.05, 0.1) is 4.92 Å². The standard InChI is InChI=1S/C14H18N2O3/c1-2-3-8-19-14-9-11(10-15-12-5-6-12)4-7-13(14)16(17)18/h2-4,7,9,12,15H,5-6,8,10H2,1H3. The summed E-state index contributed by atoms with van der Waals surface area (Å²) in [6, 6.07) is 5.64. The third-order valence-electron chi connectivity index (χ3n) is 2.96. The third-order valence-corrected chi connectivity index (χ3v) is 2.96. The second-order valence-corrected chi connectivity index (χ2v) is 4.59. The summed E-state index contributed by atoms with van der Waals surface area (Å²) in [5.41, 5.74) is 1.02. The van der Waals surface area contributed by atoms with Crippen LogP contribution < -0.4 is 10.1 Å². The number of hydrogen-bond donors (Lipinski definition) is 1. The second-order valence-electron chi connectivity index (χ2n) is 4.59. The molecule has 0 heterocycles. The number of nitro benzene ring substituents is 1. The van der Waals surface area contributed by atoms with Crippen LogP contribution in [0.25, 0.3) is 0 Å². The average molecular weight is 262 g/mol. The van der Waals surface area contributed by atoms with Gasteiger partial charge in [-0.25, -0.2) is 0 Å². The first kappa shape index (κ1) is 13.5. The highest BCUT2D eigenvalue weighted by Gasteiger charge is 2.21. The molecule has 0 saturated heterocycles. The largest absolute Gasteiger partial charge is 0.483 e. The van der Waals surface area contributed by atoms with Crippen molar-refractivity contribution >= 4 is 5.69 Å². The molecule has 0 aliphatic heterocycles. The zero-order chi connectivity index (χ0) is 13.7. The van der Waals surface area contributed by atoms with Crippen LogP contribution >= 0.6 is 0 Å². The van der Waals surface area contributed by atoms with Gasteiger partial charge in [-0.2, -0.15) is 0 Å². The molecule has 0 radical (unpaired) electrons. The van der Waals surface area contributed by atoms with Crippen LogP contribution in [0.3, 0.4) is 0 Å². The highest BCUT2D eigenvalue weighted by molar-refractivity contribution is 5.48. The van der Waals surface area contributed by atoms with Gasteiger partial charge in [-0.15, -0.1) is 0 Å². The normalized spacial score (nSPS) is 14.8. The molecule has 0 atom stereocenters. The Balaban J connectivity index is 2.08. The first-order valence-electron chi connectivity index (χ1n) is 6.45. The topological polar surface area (TPSA) is 64.4 Å². The first-order valence-corrected chi connectivity index (χ1v) is 6.45. The molecule has 19 heavy (non-hydrogen) atoms. The average Bonchev–Trinajstić information content (AvgIpc) is 3.20. The number of rotatable bonds is 7. The molecule has 2 rings (SSSR count). The van der Waals surface area contributed by atoms with Crippen molar-refractivity contribution < 1.29 is 9.66 Å². The highest BCUT2D eigenvalue weighted by Crippen LogP contribution is 2.28. The highest BCUT2D eigenvalue weighted by atomic mass is 16.6. The van der Waals surface area contributed by atoms with E-state index in [1.807, 2.05) is 19.1 Å². The van der Waals surface area contributed by atoms with Crippen LogP contribution in [-0.4, -0.2) is 17.6 Å². The minimum atomic E-state index is -0.414. The lowest BCUT2D eigenvalue weighted by atomic mass is 10.2. The maximum Gasteiger partial charge on any atom is 0.310 e. The van der Waals surface area contributed by atoms with Gasteiger partial charge >= 0.3 is 5.69 Å². The molecule has 0 bridgehead atoms. The van der Waals surface area contributed by atoms with Crippen LogP contribution in [0.5, 0.6) is 5.75 Å². The molecule has 1 fully saturated rings. The van der Waals surface area contributed by atoms with E-state index in [0.29, 0.717) is 18.4 Å². The molecule has 102 valence electrons. The SMILES string of the molecule is CC=CCOc1cc(CNC2CC2)ccc1[N+](=O)[O-]. The summed E-state index contributed by atoms with van der Waals surface area (Å²) >= 11 is 0. The van der Waals surface area contributed by atoms with Crippen molar-refractivity contribution in [1.82, 2.24) is 5.32 Å². The van der Waals surface area contributed by atoms with Gasteiger partial charge in [-0.1, -0.05) is 18.2 Å². The van der Waals surface area contributed by atoms with Crippen LogP contribution in [0.2, 0.25) is 0 Å². The molecule has 0 amide bonds. The fourth-order valence-electron chi connectivity index (χ4n) is 1.72. The Morgan fingerprint density at radius 2 is 2.32 bits per heavy atom. The van der Waals surface area contributed by atoms with Gasteiger partial charge in [-0.05, 0) is 31.4 Å². The van der Waals surface area contributed by atoms with Crippen LogP contribution in [0.15, 0.2) is 30.4 Å². The van der Waals surface area contributed by atoms with Gasteiger partial charge in [0.15, 0.2) is 5.75 Å². The Kier molecular flexibility index (Phi) is 4.52. The molecule has 1 aliphatic carbocycles. The van der Waals surface area contributed by atoms with Crippen molar-refractivity contribution in [2.75, 3.05) is 6.61 Å². The maximum absolute atomic E-state index is 10.9.